The maximum absolute atomic E-state index is 8.96. The summed E-state index contributed by atoms with van der Waals surface area (Å²) in [7, 11) is 1.66. The third kappa shape index (κ3) is 4.40. The number of allylic oxidation sites excluding steroid dienone is 1. The molecule has 2 atom stereocenters. The van der Waals surface area contributed by atoms with Crippen LogP contribution in [0.15, 0.2) is 66.7 Å². The van der Waals surface area contributed by atoms with Crippen LogP contribution in [0.25, 0.3) is 11.4 Å². The van der Waals surface area contributed by atoms with Gasteiger partial charge < -0.3 is 14.5 Å². The van der Waals surface area contributed by atoms with Gasteiger partial charge >= 0.3 is 0 Å². The molecule has 0 saturated heterocycles. The number of nitrogens with one attached hydrogen (secondary N) is 1. The van der Waals surface area contributed by atoms with Gasteiger partial charge in [-0.15, -0.1) is 0 Å². The third-order valence-electron chi connectivity index (χ3n) is 4.69. The Morgan fingerprint density at radius 2 is 2.10 bits per heavy atom. The van der Waals surface area contributed by atoms with Gasteiger partial charge in [0, 0.05) is 36.7 Å². The second-order valence-electron chi connectivity index (χ2n) is 6.63. The highest BCUT2D eigenvalue weighted by atomic mass is 35.5. The zero-order chi connectivity index (χ0) is 20.9. The number of hydrogen-bond acceptors (Lipinski definition) is 6. The van der Waals surface area contributed by atoms with Crippen molar-refractivity contribution in [3.05, 3.63) is 88.9 Å². The molecule has 0 fully saturated rings. The summed E-state index contributed by atoms with van der Waals surface area (Å²) in [5.74, 6) is 1.36. The fraction of sp³-hybridized carbons (Fsp3) is 0.182. The Morgan fingerprint density at radius 3 is 2.87 bits per heavy atom. The van der Waals surface area contributed by atoms with Crippen LogP contribution in [-0.2, 0) is 16.1 Å². The normalized spacial score (nSPS) is 18.0. The lowest BCUT2D eigenvalue weighted by Crippen LogP contribution is -2.21. The van der Waals surface area contributed by atoms with Gasteiger partial charge in [-0.25, -0.2) is 15.0 Å². The molecular formula is C22H18ClN5O2. The number of hydrogen-bond donors (Lipinski definition) is 1. The maximum atomic E-state index is 8.96. The summed E-state index contributed by atoms with van der Waals surface area (Å²) >= 11 is 5.85. The minimum Gasteiger partial charge on any atom is -0.488 e. The van der Waals surface area contributed by atoms with E-state index in [4.69, 9.17) is 26.3 Å². The van der Waals surface area contributed by atoms with Crippen LogP contribution < -0.4 is 0 Å². The summed E-state index contributed by atoms with van der Waals surface area (Å²) in [4.78, 5) is 16.1. The third-order valence-corrected chi connectivity index (χ3v) is 4.91. The predicted octanol–water partition coefficient (Wildman–Crippen LogP) is 4.16. The van der Waals surface area contributed by atoms with Gasteiger partial charge in [0.15, 0.2) is 0 Å². The second kappa shape index (κ2) is 8.91. The highest BCUT2D eigenvalue weighted by molar-refractivity contribution is 6.29. The molecule has 1 N–H and O–H groups in total. The molecule has 8 heteroatoms. The Kier molecular flexibility index (Phi) is 5.89. The summed E-state index contributed by atoms with van der Waals surface area (Å²) in [6, 6.07) is 10.9. The van der Waals surface area contributed by atoms with Crippen LogP contribution in [-0.4, -0.2) is 33.1 Å². The van der Waals surface area contributed by atoms with Gasteiger partial charge in [0.05, 0.1) is 11.8 Å². The van der Waals surface area contributed by atoms with Gasteiger partial charge in [0.25, 0.3) is 0 Å². The molecule has 0 bridgehead atoms. The van der Waals surface area contributed by atoms with E-state index in [9.17, 15) is 0 Å². The average molecular weight is 420 g/mol. The molecular weight excluding hydrogens is 402 g/mol. The van der Waals surface area contributed by atoms with Crippen molar-refractivity contribution in [1.29, 1.82) is 5.26 Å². The van der Waals surface area contributed by atoms with Crippen molar-refractivity contribution in [3.63, 3.8) is 0 Å². The molecule has 0 saturated carbocycles. The molecule has 2 unspecified atom stereocenters. The van der Waals surface area contributed by atoms with E-state index >= 15 is 0 Å². The monoisotopic (exact) mass is 419 g/mol. The van der Waals surface area contributed by atoms with Crippen molar-refractivity contribution >= 4 is 11.6 Å². The average Bonchev–Trinajstić information content (AvgIpc) is 3.28. The summed E-state index contributed by atoms with van der Waals surface area (Å²) in [6.45, 7) is 0.268. The molecule has 1 aliphatic carbocycles. The standard InChI is InChI=1S/C22H18ClN5O2/c1-29-20-9-17(30-13-16-4-2-3-15(10-24)27-16)6-7-18(20)19-12-26-22(28-19)14-5-8-21(23)25-11-14/h2-9,11-12,18,20H,13H2,1H3,(H,26,28). The van der Waals surface area contributed by atoms with Gasteiger partial charge in [0.1, 0.15) is 35.1 Å². The van der Waals surface area contributed by atoms with Crippen LogP contribution in [0.2, 0.25) is 5.15 Å². The number of halogens is 1. The number of aromatic amines is 1. The molecule has 150 valence electrons. The van der Waals surface area contributed by atoms with Crippen LogP contribution >= 0.6 is 11.6 Å². The highest BCUT2D eigenvalue weighted by Crippen LogP contribution is 2.30. The van der Waals surface area contributed by atoms with Crippen molar-refractivity contribution in [3.8, 4) is 17.5 Å². The smallest absolute Gasteiger partial charge is 0.140 e. The van der Waals surface area contributed by atoms with Gasteiger partial charge in [-0.1, -0.05) is 23.7 Å². The highest BCUT2D eigenvalue weighted by Gasteiger charge is 2.25. The van der Waals surface area contributed by atoms with E-state index in [1.54, 1.807) is 37.7 Å². The van der Waals surface area contributed by atoms with Gasteiger partial charge in [-0.05, 0) is 36.4 Å². The number of pyridine rings is 2. The first kappa shape index (κ1) is 19.8. The molecule has 3 aromatic rings. The van der Waals surface area contributed by atoms with Crippen LogP contribution in [0.4, 0.5) is 0 Å². The molecule has 3 aromatic heterocycles. The van der Waals surface area contributed by atoms with Crippen molar-refractivity contribution in [1.82, 2.24) is 19.9 Å². The number of ether oxygens (including phenoxy) is 2. The Labute approximate surface area is 178 Å². The Hall–Kier alpha value is -3.47. The number of methoxy groups -OCH3 is 1. The van der Waals surface area contributed by atoms with E-state index in [2.05, 4.69) is 19.9 Å². The first-order valence-electron chi connectivity index (χ1n) is 9.25. The van der Waals surface area contributed by atoms with Crippen molar-refractivity contribution in [2.45, 2.75) is 18.6 Å². The van der Waals surface area contributed by atoms with Crippen LogP contribution in [0.3, 0.4) is 0 Å². The van der Waals surface area contributed by atoms with Crippen LogP contribution in [0, 0.1) is 11.3 Å². The number of aromatic nitrogens is 4. The fourth-order valence-corrected chi connectivity index (χ4v) is 3.28. The van der Waals surface area contributed by atoms with E-state index in [0.29, 0.717) is 28.1 Å². The number of nitriles is 1. The molecule has 0 spiro atoms. The van der Waals surface area contributed by atoms with Crippen LogP contribution in [0.1, 0.15) is 23.0 Å². The number of H-pyrrole nitrogens is 1. The molecule has 0 aromatic carbocycles. The lowest BCUT2D eigenvalue weighted by molar-refractivity contribution is 0.117. The molecule has 7 nitrogen and oxygen atoms in total. The Morgan fingerprint density at radius 1 is 1.20 bits per heavy atom. The SMILES string of the molecule is COC1C=C(OCc2cccc(C#N)n2)C=CC1c1cnc(-c2ccc(Cl)nc2)[nH]1. The maximum Gasteiger partial charge on any atom is 0.140 e. The Bertz CT molecular complexity index is 1130. The Balaban J connectivity index is 1.46. The summed E-state index contributed by atoms with van der Waals surface area (Å²) in [5, 5.41) is 9.40. The van der Waals surface area contributed by atoms with Crippen LogP contribution in [0.5, 0.6) is 0 Å². The van der Waals surface area contributed by atoms with Gasteiger partial charge in [0.2, 0.25) is 0 Å². The molecule has 0 radical (unpaired) electrons. The van der Waals surface area contributed by atoms with E-state index in [1.165, 1.54) is 0 Å². The van der Waals surface area contributed by atoms with Gasteiger partial charge in [-0.2, -0.15) is 5.26 Å². The number of rotatable bonds is 6. The summed E-state index contributed by atoms with van der Waals surface area (Å²) < 4.78 is 11.5. The number of nitrogens with zero attached hydrogens (tertiary/aromatic N) is 4. The zero-order valence-corrected chi connectivity index (χ0v) is 16.9. The predicted molar refractivity (Wildman–Crippen MR) is 111 cm³/mol. The van der Waals surface area contributed by atoms with Crippen molar-refractivity contribution in [2.75, 3.05) is 7.11 Å². The molecule has 0 amide bonds. The zero-order valence-electron chi connectivity index (χ0n) is 16.1. The number of imidazole rings is 1. The quantitative estimate of drug-likeness (QED) is 0.602. The molecule has 4 rings (SSSR count). The van der Waals surface area contributed by atoms with E-state index in [1.807, 2.05) is 36.4 Å². The summed E-state index contributed by atoms with van der Waals surface area (Å²) in [5.41, 5.74) is 2.83. The molecule has 30 heavy (non-hydrogen) atoms. The van der Waals surface area contributed by atoms with E-state index < -0.39 is 0 Å². The fourth-order valence-electron chi connectivity index (χ4n) is 3.17. The first-order chi connectivity index (χ1) is 14.7. The first-order valence-corrected chi connectivity index (χ1v) is 9.62. The largest absolute Gasteiger partial charge is 0.488 e. The van der Waals surface area contributed by atoms with E-state index in [-0.39, 0.29) is 18.6 Å². The van der Waals surface area contributed by atoms with Crippen molar-refractivity contribution < 1.29 is 9.47 Å². The van der Waals surface area contributed by atoms with Crippen molar-refractivity contribution in [2.24, 2.45) is 0 Å². The minimum absolute atomic E-state index is 0.0381. The van der Waals surface area contributed by atoms with E-state index in [0.717, 1.165) is 11.3 Å². The second-order valence-corrected chi connectivity index (χ2v) is 7.01. The molecule has 3 heterocycles. The lowest BCUT2D eigenvalue weighted by atomic mass is 9.94. The lowest BCUT2D eigenvalue weighted by Gasteiger charge is -2.24. The summed E-state index contributed by atoms with van der Waals surface area (Å²) in [6.07, 6.45) is 9.08. The molecule has 1 aliphatic rings. The molecule has 0 aliphatic heterocycles. The minimum atomic E-state index is -0.222. The topological polar surface area (TPSA) is 96.7 Å². The van der Waals surface area contributed by atoms with Gasteiger partial charge in [-0.3, -0.25) is 0 Å².